The van der Waals surface area contributed by atoms with E-state index >= 15 is 0 Å². The molecule has 0 rings (SSSR count). The molecule has 1 unspecified atom stereocenters. The van der Waals surface area contributed by atoms with E-state index in [2.05, 4.69) is 11.3 Å². The van der Waals surface area contributed by atoms with Crippen molar-refractivity contribution in [2.24, 2.45) is 5.41 Å². The minimum absolute atomic E-state index is 0.0692. The largest absolute Gasteiger partial charge is 0.549 e. The van der Waals surface area contributed by atoms with Crippen LogP contribution < -0.4 is 10.2 Å². The average Bonchev–Trinajstić information content (AvgIpc) is 2.16. The molecule has 90 valence electrons. The number of ether oxygens (including phenoxy) is 1. The van der Waals surface area contributed by atoms with E-state index in [1.807, 2.05) is 0 Å². The quantitative estimate of drug-likeness (QED) is 0.384. The molecule has 0 spiro atoms. The van der Waals surface area contributed by atoms with E-state index in [0.717, 1.165) is 6.92 Å². The highest BCUT2D eigenvalue weighted by Gasteiger charge is 2.33. The van der Waals surface area contributed by atoms with Crippen molar-refractivity contribution in [1.82, 2.24) is 0 Å². The van der Waals surface area contributed by atoms with Crippen LogP contribution in [-0.2, 0) is 19.1 Å². The summed E-state index contributed by atoms with van der Waals surface area (Å²) in [6, 6.07) is 0. The average molecular weight is 228 g/mol. The zero-order valence-electron chi connectivity index (χ0n) is 9.07. The molecule has 6 nitrogen and oxygen atoms in total. The first kappa shape index (κ1) is 14.2. The van der Waals surface area contributed by atoms with E-state index in [9.17, 15) is 24.6 Å². The van der Waals surface area contributed by atoms with Crippen LogP contribution in [0.25, 0.3) is 0 Å². The van der Waals surface area contributed by atoms with Crippen LogP contribution in [0.15, 0.2) is 12.2 Å². The summed E-state index contributed by atoms with van der Waals surface area (Å²) in [7, 11) is 0. The Hall–Kier alpha value is -1.85. The first-order valence-corrected chi connectivity index (χ1v) is 4.53. The number of rotatable bonds is 6. The zero-order chi connectivity index (χ0) is 12.9. The van der Waals surface area contributed by atoms with Crippen molar-refractivity contribution in [2.75, 3.05) is 6.61 Å². The van der Waals surface area contributed by atoms with Crippen molar-refractivity contribution in [3.63, 3.8) is 0 Å². The van der Waals surface area contributed by atoms with Gasteiger partial charge in [-0.1, -0.05) is 6.58 Å². The SMILES string of the molecule is C=C(C(=O)[O-])C(C)(CC(=O)OCC)C(=O)[O-]. The van der Waals surface area contributed by atoms with Crippen LogP contribution in [0.2, 0.25) is 0 Å². The molecule has 0 aromatic rings. The van der Waals surface area contributed by atoms with Crippen molar-refractivity contribution >= 4 is 17.9 Å². The number of carbonyl (C=O) groups is 3. The fourth-order valence-corrected chi connectivity index (χ4v) is 1.03. The maximum Gasteiger partial charge on any atom is 0.307 e. The Morgan fingerprint density at radius 1 is 1.31 bits per heavy atom. The molecule has 0 fully saturated rings. The molecule has 0 amide bonds. The van der Waals surface area contributed by atoms with Crippen molar-refractivity contribution < 1.29 is 29.3 Å². The van der Waals surface area contributed by atoms with Crippen LogP contribution in [-0.4, -0.2) is 24.5 Å². The standard InChI is InChI=1S/C10H14O6/c1-4-16-7(11)5-10(3,9(14)15)6(2)8(12)13/h2,4-5H2,1,3H3,(H,12,13)(H,14,15)/p-2. The zero-order valence-corrected chi connectivity index (χ0v) is 9.07. The molecule has 1 atom stereocenters. The summed E-state index contributed by atoms with van der Waals surface area (Å²) in [5.41, 5.74) is -2.74. The van der Waals surface area contributed by atoms with Gasteiger partial charge in [-0.2, -0.15) is 0 Å². The number of esters is 1. The number of carboxylic acid groups (broad SMARTS) is 2. The summed E-state index contributed by atoms with van der Waals surface area (Å²) in [5.74, 6) is -4.29. The number of hydrogen-bond acceptors (Lipinski definition) is 6. The maximum absolute atomic E-state index is 11.1. The van der Waals surface area contributed by atoms with Gasteiger partial charge in [0.2, 0.25) is 0 Å². The minimum Gasteiger partial charge on any atom is -0.549 e. The summed E-state index contributed by atoms with van der Waals surface area (Å²) in [5, 5.41) is 21.4. The Balaban J connectivity index is 4.99. The lowest BCUT2D eigenvalue weighted by Gasteiger charge is -2.32. The molecule has 0 radical (unpaired) electrons. The number of carboxylic acids is 2. The Kier molecular flexibility index (Phi) is 4.68. The Bertz CT molecular complexity index is 332. The lowest BCUT2D eigenvalue weighted by Crippen LogP contribution is -2.47. The van der Waals surface area contributed by atoms with Crippen LogP contribution in [0.1, 0.15) is 20.3 Å². The van der Waals surface area contributed by atoms with E-state index < -0.39 is 35.3 Å². The van der Waals surface area contributed by atoms with Crippen molar-refractivity contribution in [1.29, 1.82) is 0 Å². The van der Waals surface area contributed by atoms with Gasteiger partial charge in [-0.05, 0) is 19.4 Å². The van der Waals surface area contributed by atoms with Gasteiger partial charge >= 0.3 is 5.97 Å². The topological polar surface area (TPSA) is 107 Å². The number of carbonyl (C=O) groups excluding carboxylic acids is 3. The van der Waals surface area contributed by atoms with Gasteiger partial charge in [0.05, 0.1) is 25.0 Å². The van der Waals surface area contributed by atoms with E-state index in [0.29, 0.717) is 0 Å². The second-order valence-electron chi connectivity index (χ2n) is 3.37. The molecule has 0 saturated carbocycles. The third kappa shape index (κ3) is 3.08. The molecular formula is C10H12O6-2. The van der Waals surface area contributed by atoms with Crippen molar-refractivity contribution in [3.8, 4) is 0 Å². The fraction of sp³-hybridized carbons (Fsp3) is 0.500. The Labute approximate surface area is 92.5 Å². The van der Waals surface area contributed by atoms with Gasteiger partial charge < -0.3 is 24.5 Å². The lowest BCUT2D eigenvalue weighted by atomic mass is 9.80. The third-order valence-corrected chi connectivity index (χ3v) is 2.17. The molecule has 6 heteroatoms. The van der Waals surface area contributed by atoms with E-state index in [4.69, 9.17) is 0 Å². The summed E-state index contributed by atoms with van der Waals surface area (Å²) in [6.07, 6.45) is -0.657. The number of hydrogen-bond donors (Lipinski definition) is 0. The first-order chi connectivity index (χ1) is 7.25. The fourth-order valence-electron chi connectivity index (χ4n) is 1.03. The van der Waals surface area contributed by atoms with Crippen molar-refractivity contribution in [2.45, 2.75) is 20.3 Å². The second kappa shape index (κ2) is 5.29. The predicted molar refractivity (Wildman–Crippen MR) is 48.5 cm³/mol. The van der Waals surface area contributed by atoms with Crippen molar-refractivity contribution in [3.05, 3.63) is 12.2 Å². The second-order valence-corrected chi connectivity index (χ2v) is 3.37. The monoisotopic (exact) mass is 228 g/mol. The van der Waals surface area contributed by atoms with Crippen LogP contribution in [0.3, 0.4) is 0 Å². The highest BCUT2D eigenvalue weighted by molar-refractivity contribution is 5.96. The Morgan fingerprint density at radius 3 is 2.12 bits per heavy atom. The molecule has 16 heavy (non-hydrogen) atoms. The molecule has 0 aliphatic heterocycles. The molecule has 0 N–H and O–H groups in total. The maximum atomic E-state index is 11.1. The number of aliphatic carboxylic acids is 2. The summed E-state index contributed by atoms with van der Waals surface area (Å²) < 4.78 is 4.53. The molecule has 0 aromatic carbocycles. The predicted octanol–water partition coefficient (Wildman–Crippen LogP) is -2.00. The van der Waals surface area contributed by atoms with Gasteiger partial charge in [0.25, 0.3) is 0 Å². The molecule has 0 saturated heterocycles. The Morgan fingerprint density at radius 2 is 1.81 bits per heavy atom. The van der Waals surface area contributed by atoms with Gasteiger partial charge in [0.15, 0.2) is 0 Å². The molecule has 0 aromatic heterocycles. The van der Waals surface area contributed by atoms with Crippen LogP contribution in [0.4, 0.5) is 0 Å². The molecule has 0 heterocycles. The van der Waals surface area contributed by atoms with Gasteiger partial charge in [0.1, 0.15) is 0 Å². The van der Waals surface area contributed by atoms with E-state index in [-0.39, 0.29) is 6.61 Å². The van der Waals surface area contributed by atoms with Gasteiger partial charge in [-0.25, -0.2) is 0 Å². The highest BCUT2D eigenvalue weighted by atomic mass is 16.5. The van der Waals surface area contributed by atoms with E-state index in [1.165, 1.54) is 0 Å². The van der Waals surface area contributed by atoms with Gasteiger partial charge in [-0.15, -0.1) is 0 Å². The van der Waals surface area contributed by atoms with Crippen LogP contribution >= 0.6 is 0 Å². The summed E-state index contributed by atoms with van der Waals surface area (Å²) in [4.78, 5) is 32.5. The van der Waals surface area contributed by atoms with Gasteiger partial charge in [0, 0.05) is 5.41 Å². The molecule has 0 aliphatic rings. The van der Waals surface area contributed by atoms with Crippen LogP contribution in [0.5, 0.6) is 0 Å². The van der Waals surface area contributed by atoms with Crippen LogP contribution in [0, 0.1) is 5.41 Å². The third-order valence-electron chi connectivity index (χ3n) is 2.17. The summed E-state index contributed by atoms with van der Waals surface area (Å²) in [6.45, 7) is 5.71. The molecule has 0 aliphatic carbocycles. The molecular weight excluding hydrogens is 216 g/mol. The van der Waals surface area contributed by atoms with E-state index in [1.54, 1.807) is 6.92 Å². The lowest BCUT2D eigenvalue weighted by molar-refractivity contribution is -0.321. The van der Waals surface area contributed by atoms with Gasteiger partial charge in [-0.3, -0.25) is 4.79 Å². The summed E-state index contributed by atoms with van der Waals surface area (Å²) >= 11 is 0. The first-order valence-electron chi connectivity index (χ1n) is 4.53. The normalized spacial score (nSPS) is 13.6. The molecule has 0 bridgehead atoms. The minimum atomic E-state index is -2.02. The smallest absolute Gasteiger partial charge is 0.307 e. The highest BCUT2D eigenvalue weighted by Crippen LogP contribution is 2.29.